The topological polar surface area (TPSA) is 69.3 Å². The van der Waals surface area contributed by atoms with Gasteiger partial charge in [0, 0.05) is 25.0 Å². The monoisotopic (exact) mass is 253 g/mol. The maximum absolute atomic E-state index is 11.7. The van der Waals surface area contributed by atoms with Crippen molar-refractivity contribution in [2.75, 3.05) is 0 Å². The summed E-state index contributed by atoms with van der Waals surface area (Å²) in [6.45, 7) is 7.92. The SMILES string of the molecule is CC(NC(=O)OC(C)(C)C)c1ccc(CN)n1C. The Hall–Kier alpha value is -1.49. The van der Waals surface area contributed by atoms with Gasteiger partial charge in [0.05, 0.1) is 6.04 Å². The Balaban J connectivity index is 2.68. The Labute approximate surface area is 108 Å². The quantitative estimate of drug-likeness (QED) is 0.866. The summed E-state index contributed by atoms with van der Waals surface area (Å²) in [5.41, 5.74) is 7.16. The Bertz CT molecular complexity index is 418. The largest absolute Gasteiger partial charge is 0.444 e. The van der Waals surface area contributed by atoms with Crippen molar-refractivity contribution in [3.05, 3.63) is 23.5 Å². The van der Waals surface area contributed by atoms with Gasteiger partial charge in [-0.2, -0.15) is 0 Å². The molecule has 5 heteroatoms. The zero-order valence-corrected chi connectivity index (χ0v) is 11.8. The zero-order valence-electron chi connectivity index (χ0n) is 11.8. The minimum Gasteiger partial charge on any atom is -0.444 e. The summed E-state index contributed by atoms with van der Waals surface area (Å²) >= 11 is 0. The summed E-state index contributed by atoms with van der Waals surface area (Å²) in [6.07, 6.45) is -0.412. The molecular weight excluding hydrogens is 230 g/mol. The molecule has 1 atom stereocenters. The van der Waals surface area contributed by atoms with Crippen molar-refractivity contribution in [1.82, 2.24) is 9.88 Å². The Morgan fingerprint density at radius 1 is 1.50 bits per heavy atom. The number of aromatic nitrogens is 1. The van der Waals surface area contributed by atoms with Crippen LogP contribution in [-0.2, 0) is 18.3 Å². The fraction of sp³-hybridized carbons (Fsp3) is 0.615. The van der Waals surface area contributed by atoms with Crippen LogP contribution < -0.4 is 11.1 Å². The van der Waals surface area contributed by atoms with E-state index in [4.69, 9.17) is 10.5 Å². The van der Waals surface area contributed by atoms with Gasteiger partial charge in [-0.1, -0.05) is 0 Å². The van der Waals surface area contributed by atoms with E-state index >= 15 is 0 Å². The smallest absolute Gasteiger partial charge is 0.408 e. The second kappa shape index (κ2) is 5.44. The lowest BCUT2D eigenvalue weighted by atomic mass is 10.2. The zero-order chi connectivity index (χ0) is 13.9. The van der Waals surface area contributed by atoms with E-state index in [2.05, 4.69) is 5.32 Å². The van der Waals surface area contributed by atoms with Gasteiger partial charge in [0.1, 0.15) is 5.60 Å². The van der Waals surface area contributed by atoms with Gasteiger partial charge < -0.3 is 20.4 Å². The van der Waals surface area contributed by atoms with E-state index in [9.17, 15) is 4.79 Å². The molecule has 0 aliphatic carbocycles. The maximum atomic E-state index is 11.7. The van der Waals surface area contributed by atoms with Crippen molar-refractivity contribution in [1.29, 1.82) is 0 Å². The molecule has 0 aliphatic heterocycles. The molecule has 102 valence electrons. The minimum atomic E-state index is -0.486. The van der Waals surface area contributed by atoms with Gasteiger partial charge in [-0.15, -0.1) is 0 Å². The molecular formula is C13H23N3O2. The van der Waals surface area contributed by atoms with Gasteiger partial charge in [-0.25, -0.2) is 4.79 Å². The van der Waals surface area contributed by atoms with Crippen LogP contribution in [0.3, 0.4) is 0 Å². The number of amides is 1. The molecule has 0 fully saturated rings. The van der Waals surface area contributed by atoms with Crippen LogP contribution in [0.2, 0.25) is 0 Å². The Kier molecular flexibility index (Phi) is 4.40. The standard InChI is InChI=1S/C13H23N3O2/c1-9(15-12(17)18-13(2,3)4)11-7-6-10(8-14)16(11)5/h6-7,9H,8,14H2,1-5H3,(H,15,17). The number of hydrogen-bond donors (Lipinski definition) is 2. The summed E-state index contributed by atoms with van der Waals surface area (Å²) < 4.78 is 7.21. The van der Waals surface area contributed by atoms with Crippen LogP contribution in [0.4, 0.5) is 4.79 Å². The summed E-state index contributed by atoms with van der Waals surface area (Å²) in [5.74, 6) is 0. The highest BCUT2D eigenvalue weighted by Gasteiger charge is 2.19. The molecule has 0 spiro atoms. The third-order valence-corrected chi connectivity index (χ3v) is 2.65. The van der Waals surface area contributed by atoms with E-state index in [-0.39, 0.29) is 6.04 Å². The van der Waals surface area contributed by atoms with Gasteiger partial charge in [0.25, 0.3) is 0 Å². The molecule has 1 aromatic rings. The number of nitrogens with two attached hydrogens (primary N) is 1. The average Bonchev–Trinajstić information content (AvgIpc) is 2.56. The lowest BCUT2D eigenvalue weighted by Gasteiger charge is -2.22. The van der Waals surface area contributed by atoms with Crippen molar-refractivity contribution in [3.8, 4) is 0 Å². The predicted molar refractivity (Wildman–Crippen MR) is 71.1 cm³/mol. The van der Waals surface area contributed by atoms with Gasteiger partial charge in [-0.3, -0.25) is 0 Å². The van der Waals surface area contributed by atoms with Gasteiger partial charge in [0.2, 0.25) is 0 Å². The van der Waals surface area contributed by atoms with Crippen LogP contribution in [0.1, 0.15) is 45.1 Å². The van der Waals surface area contributed by atoms with E-state index in [1.54, 1.807) is 0 Å². The summed E-state index contributed by atoms with van der Waals surface area (Å²) in [6, 6.07) is 3.80. The van der Waals surface area contributed by atoms with E-state index < -0.39 is 11.7 Å². The molecule has 0 radical (unpaired) electrons. The van der Waals surface area contributed by atoms with Crippen LogP contribution in [0.15, 0.2) is 12.1 Å². The third kappa shape index (κ3) is 3.77. The van der Waals surface area contributed by atoms with Crippen molar-refractivity contribution in [2.24, 2.45) is 12.8 Å². The molecule has 1 heterocycles. The minimum absolute atomic E-state index is 0.120. The van der Waals surface area contributed by atoms with E-state index in [1.165, 1.54) is 0 Å². The first-order chi connectivity index (χ1) is 8.24. The van der Waals surface area contributed by atoms with Crippen LogP contribution in [0, 0.1) is 0 Å². The second-order valence-corrected chi connectivity index (χ2v) is 5.38. The summed E-state index contributed by atoms with van der Waals surface area (Å²) in [5, 5.41) is 2.81. The van der Waals surface area contributed by atoms with Gasteiger partial charge in [0.15, 0.2) is 0 Å². The highest BCUT2D eigenvalue weighted by molar-refractivity contribution is 5.68. The molecule has 18 heavy (non-hydrogen) atoms. The molecule has 0 aromatic carbocycles. The predicted octanol–water partition coefficient (Wildman–Crippen LogP) is 2.07. The van der Waals surface area contributed by atoms with Crippen molar-refractivity contribution >= 4 is 6.09 Å². The summed E-state index contributed by atoms with van der Waals surface area (Å²) in [4.78, 5) is 11.7. The lowest BCUT2D eigenvalue weighted by Crippen LogP contribution is -2.34. The fourth-order valence-electron chi connectivity index (χ4n) is 1.77. The molecule has 3 N–H and O–H groups in total. The average molecular weight is 253 g/mol. The number of rotatable bonds is 3. The number of hydrogen-bond acceptors (Lipinski definition) is 3. The molecule has 1 unspecified atom stereocenters. The number of carbonyl (C=O) groups excluding carboxylic acids is 1. The molecule has 1 amide bonds. The highest BCUT2D eigenvalue weighted by Crippen LogP contribution is 2.16. The molecule has 0 aliphatic rings. The number of nitrogens with zero attached hydrogens (tertiary/aromatic N) is 1. The first kappa shape index (κ1) is 14.6. The van der Waals surface area contributed by atoms with Crippen molar-refractivity contribution in [3.63, 3.8) is 0 Å². The van der Waals surface area contributed by atoms with E-state index in [0.717, 1.165) is 11.4 Å². The van der Waals surface area contributed by atoms with Crippen molar-refractivity contribution in [2.45, 2.75) is 45.9 Å². The fourth-order valence-corrected chi connectivity index (χ4v) is 1.77. The van der Waals surface area contributed by atoms with Crippen LogP contribution in [0.5, 0.6) is 0 Å². The molecule has 0 saturated heterocycles. The molecule has 1 aromatic heterocycles. The number of alkyl carbamates (subject to hydrolysis) is 1. The van der Waals surface area contributed by atoms with Crippen LogP contribution >= 0.6 is 0 Å². The molecule has 5 nitrogen and oxygen atoms in total. The first-order valence-corrected chi connectivity index (χ1v) is 6.08. The van der Waals surface area contributed by atoms with E-state index in [0.29, 0.717) is 6.54 Å². The number of ether oxygens (including phenoxy) is 1. The Morgan fingerprint density at radius 3 is 2.56 bits per heavy atom. The lowest BCUT2D eigenvalue weighted by molar-refractivity contribution is 0.0506. The Morgan fingerprint density at radius 2 is 2.11 bits per heavy atom. The van der Waals surface area contributed by atoms with Gasteiger partial charge >= 0.3 is 6.09 Å². The first-order valence-electron chi connectivity index (χ1n) is 6.08. The van der Waals surface area contributed by atoms with E-state index in [1.807, 2.05) is 51.4 Å². The third-order valence-electron chi connectivity index (χ3n) is 2.65. The van der Waals surface area contributed by atoms with Crippen LogP contribution in [0.25, 0.3) is 0 Å². The normalized spacial score (nSPS) is 13.2. The van der Waals surface area contributed by atoms with Gasteiger partial charge in [-0.05, 0) is 39.8 Å². The summed E-state index contributed by atoms with van der Waals surface area (Å²) in [7, 11) is 1.94. The number of nitrogens with one attached hydrogen (secondary N) is 1. The highest BCUT2D eigenvalue weighted by atomic mass is 16.6. The molecule has 1 rings (SSSR count). The molecule has 0 saturated carbocycles. The molecule has 0 bridgehead atoms. The maximum Gasteiger partial charge on any atom is 0.408 e. The van der Waals surface area contributed by atoms with Crippen LogP contribution in [-0.4, -0.2) is 16.3 Å². The number of carbonyl (C=O) groups is 1. The second-order valence-electron chi connectivity index (χ2n) is 5.38. The van der Waals surface area contributed by atoms with Crippen molar-refractivity contribution < 1.29 is 9.53 Å².